The second-order valence-corrected chi connectivity index (χ2v) is 9.37. The lowest BCUT2D eigenvalue weighted by Crippen LogP contribution is -2.34. The lowest BCUT2D eigenvalue weighted by Gasteiger charge is -2.14. The van der Waals surface area contributed by atoms with Gasteiger partial charge >= 0.3 is 0 Å². The molecule has 4 aromatic rings. The summed E-state index contributed by atoms with van der Waals surface area (Å²) in [5.41, 5.74) is 7.86. The van der Waals surface area contributed by atoms with E-state index in [2.05, 4.69) is 116 Å². The zero-order valence-corrected chi connectivity index (χ0v) is 17.8. The van der Waals surface area contributed by atoms with Crippen LogP contribution in [0.5, 0.6) is 0 Å². The number of para-hydroxylation sites is 1. The van der Waals surface area contributed by atoms with Gasteiger partial charge in [0.2, 0.25) is 5.69 Å². The SMILES string of the molecule is Cc1ccc(-c2ccc(C=Cc3cc[n+]4c(c3)C(C)(C)c3ccccc3-4)s2)cc1. The van der Waals surface area contributed by atoms with Crippen molar-refractivity contribution in [3.8, 4) is 16.1 Å². The maximum absolute atomic E-state index is 2.33. The Morgan fingerprint density at radius 2 is 1.66 bits per heavy atom. The Morgan fingerprint density at radius 3 is 2.48 bits per heavy atom. The van der Waals surface area contributed by atoms with Gasteiger partial charge in [0.25, 0.3) is 0 Å². The van der Waals surface area contributed by atoms with E-state index in [4.69, 9.17) is 0 Å². The molecule has 0 saturated heterocycles. The van der Waals surface area contributed by atoms with Crippen LogP contribution in [-0.2, 0) is 5.41 Å². The van der Waals surface area contributed by atoms with Gasteiger partial charge < -0.3 is 0 Å². The summed E-state index contributed by atoms with van der Waals surface area (Å²) in [4.78, 5) is 2.59. The maximum Gasteiger partial charge on any atom is 0.215 e. The first-order chi connectivity index (χ1) is 14.0. The van der Waals surface area contributed by atoms with E-state index >= 15 is 0 Å². The molecule has 3 heterocycles. The van der Waals surface area contributed by atoms with Crippen molar-refractivity contribution in [2.75, 3.05) is 0 Å². The van der Waals surface area contributed by atoms with E-state index in [9.17, 15) is 0 Å². The largest absolute Gasteiger partial charge is 0.215 e. The van der Waals surface area contributed by atoms with Gasteiger partial charge in [0.1, 0.15) is 0 Å². The van der Waals surface area contributed by atoms with Crippen molar-refractivity contribution < 1.29 is 4.57 Å². The highest BCUT2D eigenvalue weighted by Gasteiger charge is 2.43. The van der Waals surface area contributed by atoms with Gasteiger partial charge in [-0.05, 0) is 50.1 Å². The molecule has 0 bridgehead atoms. The van der Waals surface area contributed by atoms with Crippen molar-refractivity contribution in [1.82, 2.24) is 0 Å². The fraction of sp³-hybridized carbons (Fsp3) is 0.148. The maximum atomic E-state index is 2.33. The Morgan fingerprint density at radius 1 is 0.862 bits per heavy atom. The predicted octanol–water partition coefficient (Wildman–Crippen LogP) is 6.81. The second-order valence-electron chi connectivity index (χ2n) is 8.26. The first-order valence-corrected chi connectivity index (χ1v) is 10.8. The topological polar surface area (TPSA) is 3.88 Å². The number of fused-ring (bicyclic) bond motifs is 3. The van der Waals surface area contributed by atoms with Crippen LogP contribution in [0, 0.1) is 6.92 Å². The summed E-state index contributed by atoms with van der Waals surface area (Å²) < 4.78 is 2.33. The molecule has 0 unspecified atom stereocenters. The van der Waals surface area contributed by atoms with E-state index in [1.54, 1.807) is 0 Å². The highest BCUT2D eigenvalue weighted by Crippen LogP contribution is 2.38. The Hall–Kier alpha value is -2.97. The molecule has 29 heavy (non-hydrogen) atoms. The number of hydrogen-bond donors (Lipinski definition) is 0. The molecule has 2 heteroatoms. The number of rotatable bonds is 3. The molecular formula is C27H24NS+. The van der Waals surface area contributed by atoms with Crippen LogP contribution in [-0.4, -0.2) is 0 Å². The number of aryl methyl sites for hydroxylation is 1. The molecule has 1 aliphatic heterocycles. The van der Waals surface area contributed by atoms with Gasteiger partial charge in [-0.25, -0.2) is 0 Å². The van der Waals surface area contributed by atoms with Gasteiger partial charge in [-0.2, -0.15) is 4.57 Å². The predicted molar refractivity (Wildman–Crippen MR) is 124 cm³/mol. The number of hydrogen-bond acceptors (Lipinski definition) is 1. The van der Waals surface area contributed by atoms with E-state index in [1.807, 2.05) is 11.3 Å². The van der Waals surface area contributed by atoms with Crippen molar-refractivity contribution >= 4 is 23.5 Å². The van der Waals surface area contributed by atoms with Crippen LogP contribution in [0.3, 0.4) is 0 Å². The van der Waals surface area contributed by atoms with Crippen LogP contribution in [0.1, 0.15) is 41.1 Å². The minimum absolute atomic E-state index is 0.0159. The molecular weight excluding hydrogens is 370 g/mol. The average molecular weight is 395 g/mol. The molecule has 2 aromatic heterocycles. The Balaban J connectivity index is 1.43. The molecule has 0 radical (unpaired) electrons. The van der Waals surface area contributed by atoms with Crippen molar-refractivity contribution in [2.45, 2.75) is 26.2 Å². The molecule has 5 rings (SSSR count). The van der Waals surface area contributed by atoms with Crippen molar-refractivity contribution in [1.29, 1.82) is 0 Å². The van der Waals surface area contributed by atoms with E-state index in [0.29, 0.717) is 0 Å². The number of pyridine rings is 1. The fourth-order valence-electron chi connectivity index (χ4n) is 4.16. The van der Waals surface area contributed by atoms with Gasteiger partial charge in [0.05, 0.1) is 5.41 Å². The van der Waals surface area contributed by atoms with E-state index in [1.165, 1.54) is 43.4 Å². The van der Waals surface area contributed by atoms with Crippen molar-refractivity contribution in [3.63, 3.8) is 0 Å². The van der Waals surface area contributed by atoms with Gasteiger partial charge in [-0.15, -0.1) is 11.3 Å². The smallest absolute Gasteiger partial charge is 0.163 e. The quantitative estimate of drug-likeness (QED) is 0.336. The minimum atomic E-state index is 0.0159. The molecule has 0 amide bonds. The zero-order valence-electron chi connectivity index (χ0n) is 17.0. The lowest BCUT2D eigenvalue weighted by molar-refractivity contribution is -0.599. The average Bonchev–Trinajstić information content (AvgIpc) is 3.29. The van der Waals surface area contributed by atoms with Crippen LogP contribution in [0.25, 0.3) is 28.3 Å². The van der Waals surface area contributed by atoms with Crippen molar-refractivity contribution in [3.05, 3.63) is 106 Å². The third-order valence-electron chi connectivity index (χ3n) is 5.86. The summed E-state index contributed by atoms with van der Waals surface area (Å²) in [5.74, 6) is 0. The van der Waals surface area contributed by atoms with E-state index in [-0.39, 0.29) is 5.41 Å². The van der Waals surface area contributed by atoms with Gasteiger partial charge in [-0.1, -0.05) is 54.1 Å². The standard InChI is InChI=1S/C27H24NS/c1-19-8-11-21(12-9-19)25-15-14-22(29-25)13-10-20-16-17-28-24-7-5-4-6-23(24)27(2,3)26(28)18-20/h4-18H,1-3H3/q+1. The molecule has 1 nitrogen and oxygen atoms in total. The minimum Gasteiger partial charge on any atom is -0.163 e. The van der Waals surface area contributed by atoms with E-state index < -0.39 is 0 Å². The highest BCUT2D eigenvalue weighted by atomic mass is 32.1. The normalized spacial score (nSPS) is 14.2. The molecule has 0 atom stereocenters. The van der Waals surface area contributed by atoms with Crippen LogP contribution >= 0.6 is 11.3 Å². The molecule has 0 fully saturated rings. The van der Waals surface area contributed by atoms with Crippen molar-refractivity contribution in [2.24, 2.45) is 0 Å². The van der Waals surface area contributed by atoms with Crippen LogP contribution < -0.4 is 4.57 Å². The summed E-state index contributed by atoms with van der Waals surface area (Å²) in [5, 5.41) is 0. The van der Waals surface area contributed by atoms with Gasteiger partial charge in [0.15, 0.2) is 11.9 Å². The third-order valence-corrected chi connectivity index (χ3v) is 6.96. The number of nitrogens with zero attached hydrogens (tertiary/aromatic N) is 1. The summed E-state index contributed by atoms with van der Waals surface area (Å²) in [6.45, 7) is 6.75. The molecule has 142 valence electrons. The second kappa shape index (κ2) is 6.82. The summed E-state index contributed by atoms with van der Waals surface area (Å²) >= 11 is 1.83. The van der Waals surface area contributed by atoms with E-state index in [0.717, 1.165) is 0 Å². The molecule has 0 aliphatic carbocycles. The van der Waals surface area contributed by atoms with Gasteiger partial charge in [-0.3, -0.25) is 0 Å². The number of benzene rings is 2. The number of thiophene rings is 1. The summed E-state index contributed by atoms with van der Waals surface area (Å²) in [7, 11) is 0. The zero-order chi connectivity index (χ0) is 20.0. The Labute approximate surface area is 176 Å². The molecule has 0 saturated carbocycles. The van der Waals surface area contributed by atoms with Gasteiger partial charge in [0, 0.05) is 33.5 Å². The lowest BCUT2D eigenvalue weighted by atomic mass is 9.83. The number of aromatic nitrogens is 1. The third kappa shape index (κ3) is 3.14. The van der Waals surface area contributed by atoms with Crippen LogP contribution in [0.2, 0.25) is 0 Å². The first-order valence-electron chi connectivity index (χ1n) is 10.0. The summed E-state index contributed by atoms with van der Waals surface area (Å²) in [6, 6.07) is 26.4. The highest BCUT2D eigenvalue weighted by molar-refractivity contribution is 7.16. The fourth-order valence-corrected chi connectivity index (χ4v) is 5.07. The van der Waals surface area contributed by atoms with Crippen LogP contribution in [0.4, 0.5) is 0 Å². The molecule has 0 spiro atoms. The summed E-state index contributed by atoms with van der Waals surface area (Å²) in [6.07, 6.45) is 6.66. The Kier molecular flexibility index (Phi) is 4.25. The van der Waals surface area contributed by atoms with Crippen LogP contribution in [0.15, 0.2) is 79.0 Å². The molecule has 1 aliphatic rings. The monoisotopic (exact) mass is 394 g/mol. The Bertz CT molecular complexity index is 1230. The molecule has 2 aromatic carbocycles. The first kappa shape index (κ1) is 18.1. The molecule has 0 N–H and O–H groups in total.